The molecule has 1 N–H and O–H groups in total. The van der Waals surface area contributed by atoms with Crippen molar-refractivity contribution in [2.24, 2.45) is 5.92 Å². The summed E-state index contributed by atoms with van der Waals surface area (Å²) >= 11 is 7.30. The zero-order valence-electron chi connectivity index (χ0n) is 13.3. The average Bonchev–Trinajstić information content (AvgIpc) is 3.04. The lowest BCUT2D eigenvalue weighted by molar-refractivity contribution is -0.132. The van der Waals surface area contributed by atoms with E-state index in [2.05, 4.69) is 10.3 Å². The molecule has 1 aliphatic heterocycles. The summed E-state index contributed by atoms with van der Waals surface area (Å²) in [4.78, 5) is 30.0. The van der Waals surface area contributed by atoms with Crippen LogP contribution < -0.4 is 5.32 Å². The van der Waals surface area contributed by atoms with Gasteiger partial charge in [0.2, 0.25) is 11.8 Å². The molecule has 0 aliphatic carbocycles. The van der Waals surface area contributed by atoms with E-state index in [-0.39, 0.29) is 17.7 Å². The molecule has 0 unspecified atom stereocenters. The number of nitrogens with zero attached hydrogens (tertiary/aromatic N) is 2. The largest absolute Gasteiger partial charge is 0.343 e. The van der Waals surface area contributed by atoms with Gasteiger partial charge in [-0.1, -0.05) is 23.7 Å². The van der Waals surface area contributed by atoms with E-state index >= 15 is 0 Å². The van der Waals surface area contributed by atoms with Crippen molar-refractivity contribution in [1.29, 1.82) is 0 Å². The number of nitrogens with one attached hydrogen (secondary N) is 1. The fourth-order valence-corrected chi connectivity index (χ4v) is 3.60. The van der Waals surface area contributed by atoms with Crippen molar-refractivity contribution in [1.82, 2.24) is 9.88 Å². The second-order valence-corrected chi connectivity index (χ2v) is 7.11. The molecule has 24 heavy (non-hydrogen) atoms. The van der Waals surface area contributed by atoms with Gasteiger partial charge in [0.25, 0.3) is 0 Å². The Hall–Kier alpha value is -1.92. The minimum Gasteiger partial charge on any atom is -0.343 e. The number of benzene rings is 1. The predicted molar refractivity (Wildman–Crippen MR) is 96.2 cm³/mol. The van der Waals surface area contributed by atoms with E-state index < -0.39 is 0 Å². The summed E-state index contributed by atoms with van der Waals surface area (Å²) in [7, 11) is 0. The van der Waals surface area contributed by atoms with Crippen molar-refractivity contribution in [2.45, 2.75) is 19.8 Å². The van der Waals surface area contributed by atoms with E-state index in [0.29, 0.717) is 36.1 Å². The van der Waals surface area contributed by atoms with E-state index in [0.717, 1.165) is 11.3 Å². The van der Waals surface area contributed by atoms with Gasteiger partial charge in [-0.3, -0.25) is 9.59 Å². The van der Waals surface area contributed by atoms with Crippen molar-refractivity contribution in [3.05, 3.63) is 34.7 Å². The van der Waals surface area contributed by atoms with E-state index in [1.54, 1.807) is 11.8 Å². The fraction of sp³-hybridized carbons (Fsp3) is 0.353. The highest BCUT2D eigenvalue weighted by Gasteiger charge is 2.26. The molecular weight excluding hydrogens is 346 g/mol. The van der Waals surface area contributed by atoms with Gasteiger partial charge in [0.1, 0.15) is 0 Å². The van der Waals surface area contributed by atoms with E-state index in [4.69, 9.17) is 11.6 Å². The minimum absolute atomic E-state index is 0.0183. The number of halogens is 1. The number of likely N-dealkylation sites (tertiary alicyclic amines) is 1. The molecule has 0 atom stereocenters. The summed E-state index contributed by atoms with van der Waals surface area (Å²) in [6.45, 7) is 2.84. The van der Waals surface area contributed by atoms with Gasteiger partial charge in [-0.2, -0.15) is 0 Å². The molecule has 0 saturated carbocycles. The van der Waals surface area contributed by atoms with Crippen LogP contribution in [0, 0.1) is 5.92 Å². The van der Waals surface area contributed by atoms with Crippen molar-refractivity contribution in [3.8, 4) is 11.3 Å². The van der Waals surface area contributed by atoms with Crippen LogP contribution in [-0.4, -0.2) is 34.8 Å². The lowest BCUT2D eigenvalue weighted by Gasteiger charge is -2.30. The number of piperidine rings is 1. The molecular formula is C17H18ClN3O2S. The number of hydrogen-bond acceptors (Lipinski definition) is 4. The summed E-state index contributed by atoms with van der Waals surface area (Å²) in [5.41, 5.74) is 1.78. The molecule has 2 amide bonds. The Kier molecular flexibility index (Phi) is 5.16. The van der Waals surface area contributed by atoms with Gasteiger partial charge in [0, 0.05) is 41.9 Å². The summed E-state index contributed by atoms with van der Waals surface area (Å²) in [5, 5.41) is 6.09. The van der Waals surface area contributed by atoms with Gasteiger partial charge < -0.3 is 10.2 Å². The molecule has 0 spiro atoms. The molecule has 0 radical (unpaired) electrons. The average molecular weight is 364 g/mol. The Balaban J connectivity index is 1.59. The van der Waals surface area contributed by atoms with Gasteiger partial charge >= 0.3 is 0 Å². The van der Waals surface area contributed by atoms with Crippen molar-refractivity contribution in [2.75, 3.05) is 18.4 Å². The first kappa shape index (κ1) is 16.9. The number of hydrogen-bond donors (Lipinski definition) is 1. The van der Waals surface area contributed by atoms with E-state index in [1.807, 2.05) is 29.6 Å². The van der Waals surface area contributed by atoms with Gasteiger partial charge in [0.15, 0.2) is 5.13 Å². The Bertz CT molecular complexity index is 737. The van der Waals surface area contributed by atoms with Crippen LogP contribution in [-0.2, 0) is 9.59 Å². The molecule has 1 fully saturated rings. The third-order valence-corrected chi connectivity index (χ3v) is 5.20. The van der Waals surface area contributed by atoms with Crippen molar-refractivity contribution >= 4 is 39.9 Å². The molecule has 1 aromatic carbocycles. The quantitative estimate of drug-likeness (QED) is 0.905. The molecule has 3 rings (SSSR count). The highest BCUT2D eigenvalue weighted by Crippen LogP contribution is 2.27. The zero-order chi connectivity index (χ0) is 17.1. The lowest BCUT2D eigenvalue weighted by atomic mass is 9.96. The Morgan fingerprint density at radius 2 is 1.92 bits per heavy atom. The molecule has 0 bridgehead atoms. The van der Waals surface area contributed by atoms with Crippen LogP contribution >= 0.6 is 22.9 Å². The number of amides is 2. The maximum Gasteiger partial charge on any atom is 0.229 e. The third kappa shape index (κ3) is 3.94. The van der Waals surface area contributed by atoms with Crippen LogP contribution in [0.1, 0.15) is 19.8 Å². The molecule has 7 heteroatoms. The molecule has 1 saturated heterocycles. The van der Waals surface area contributed by atoms with Crippen LogP contribution in [0.25, 0.3) is 11.3 Å². The van der Waals surface area contributed by atoms with E-state index in [1.165, 1.54) is 11.3 Å². The van der Waals surface area contributed by atoms with Crippen molar-refractivity contribution in [3.63, 3.8) is 0 Å². The Morgan fingerprint density at radius 3 is 2.54 bits per heavy atom. The highest BCUT2D eigenvalue weighted by molar-refractivity contribution is 7.14. The molecule has 5 nitrogen and oxygen atoms in total. The van der Waals surface area contributed by atoms with Crippen LogP contribution in [0.15, 0.2) is 29.6 Å². The molecule has 2 aromatic rings. The van der Waals surface area contributed by atoms with E-state index in [9.17, 15) is 9.59 Å². The maximum atomic E-state index is 12.4. The summed E-state index contributed by atoms with van der Waals surface area (Å²) in [6, 6.07) is 7.44. The fourth-order valence-electron chi connectivity index (χ4n) is 2.75. The normalized spacial score (nSPS) is 15.3. The second kappa shape index (κ2) is 7.32. The SMILES string of the molecule is CC(=O)N1CCC(C(=O)Nc2nc(-c3ccc(Cl)cc3)cs2)CC1. The van der Waals surface area contributed by atoms with Crippen molar-refractivity contribution < 1.29 is 9.59 Å². The lowest BCUT2D eigenvalue weighted by Crippen LogP contribution is -2.40. The Labute approximate surface area is 149 Å². The number of carbonyl (C=O) groups excluding carboxylic acids is 2. The first-order valence-electron chi connectivity index (χ1n) is 7.81. The number of aromatic nitrogens is 1. The van der Waals surface area contributed by atoms with Gasteiger partial charge in [0.05, 0.1) is 5.69 Å². The Morgan fingerprint density at radius 1 is 1.25 bits per heavy atom. The monoisotopic (exact) mass is 363 g/mol. The smallest absolute Gasteiger partial charge is 0.229 e. The predicted octanol–water partition coefficient (Wildman–Crippen LogP) is 3.66. The van der Waals surface area contributed by atoms with Crippen LogP contribution in [0.2, 0.25) is 5.02 Å². The number of carbonyl (C=O) groups is 2. The van der Waals surface area contributed by atoms with Gasteiger partial charge in [-0.05, 0) is 25.0 Å². The number of anilines is 1. The van der Waals surface area contributed by atoms with Crippen LogP contribution in [0.5, 0.6) is 0 Å². The summed E-state index contributed by atoms with van der Waals surface area (Å²) < 4.78 is 0. The van der Waals surface area contributed by atoms with Crippen LogP contribution in [0.3, 0.4) is 0 Å². The molecule has 1 aliphatic rings. The highest BCUT2D eigenvalue weighted by atomic mass is 35.5. The first-order chi connectivity index (χ1) is 11.5. The second-order valence-electron chi connectivity index (χ2n) is 5.81. The first-order valence-corrected chi connectivity index (χ1v) is 9.06. The topological polar surface area (TPSA) is 62.3 Å². The minimum atomic E-state index is -0.0662. The van der Waals surface area contributed by atoms with Gasteiger partial charge in [-0.25, -0.2) is 4.98 Å². The molecule has 2 heterocycles. The standard InChI is InChI=1S/C17H18ClN3O2S/c1-11(22)21-8-6-13(7-9-21)16(23)20-17-19-15(10-24-17)12-2-4-14(18)5-3-12/h2-5,10,13H,6-9H2,1H3,(H,19,20,23). The van der Waals surface area contributed by atoms with Crippen LogP contribution in [0.4, 0.5) is 5.13 Å². The maximum absolute atomic E-state index is 12.4. The number of thiazole rings is 1. The molecule has 126 valence electrons. The zero-order valence-corrected chi connectivity index (χ0v) is 14.9. The summed E-state index contributed by atoms with van der Waals surface area (Å²) in [5.74, 6) is -0.0138. The molecule has 1 aromatic heterocycles. The van der Waals surface area contributed by atoms with Gasteiger partial charge in [-0.15, -0.1) is 11.3 Å². The number of rotatable bonds is 3. The third-order valence-electron chi connectivity index (χ3n) is 4.19. The summed E-state index contributed by atoms with van der Waals surface area (Å²) in [6.07, 6.45) is 1.39.